The summed E-state index contributed by atoms with van der Waals surface area (Å²) in [4.78, 5) is 11.6. The third-order valence-corrected chi connectivity index (χ3v) is 5.53. The molecule has 1 aromatic carbocycles. The molecule has 1 aliphatic heterocycles. The second kappa shape index (κ2) is 12.0. The normalized spacial score (nSPS) is 16.1. The van der Waals surface area contributed by atoms with Crippen molar-refractivity contribution in [1.82, 2.24) is 0 Å². The lowest BCUT2D eigenvalue weighted by molar-refractivity contribution is -0.137. The molecule has 0 unspecified atom stereocenters. The molecule has 1 aromatic rings. The van der Waals surface area contributed by atoms with Gasteiger partial charge in [-0.2, -0.15) is 0 Å². The molecule has 0 bridgehead atoms. The van der Waals surface area contributed by atoms with Crippen LogP contribution in [0.25, 0.3) is 11.1 Å². The van der Waals surface area contributed by atoms with E-state index in [0.29, 0.717) is 35.7 Å². The maximum Gasteiger partial charge on any atom is 0.330 e. The summed E-state index contributed by atoms with van der Waals surface area (Å²) in [5, 5.41) is 0. The SMILES string of the molecule is CCCCOc1cc2c(cc1\C(C)=C(F)/C=C/C(C)=C/C(=O)OCC)C(C(C)C)=CC(C)(C)O2. The van der Waals surface area contributed by atoms with Crippen LogP contribution in [0.5, 0.6) is 11.5 Å². The maximum absolute atomic E-state index is 15.3. The lowest BCUT2D eigenvalue weighted by Gasteiger charge is -2.33. The molecule has 2 rings (SSSR count). The standard InChI is InChI=1S/C29H39FO4/c1-9-11-14-33-26-17-27-23(24(19(3)4)18-29(7,8)34-27)16-22(26)21(6)25(30)13-12-20(5)15-28(31)32-10-2/h12-13,15-19H,9-11,14H2,1-8H3/b13-12+,20-15+,25-21+. The minimum atomic E-state index is -0.442. The van der Waals surface area contributed by atoms with Crippen molar-refractivity contribution in [1.29, 1.82) is 0 Å². The minimum absolute atomic E-state index is 0.284. The molecule has 0 atom stereocenters. The number of carbonyl (C=O) groups is 1. The van der Waals surface area contributed by atoms with Crippen LogP contribution < -0.4 is 9.47 Å². The summed E-state index contributed by atoms with van der Waals surface area (Å²) in [6, 6.07) is 3.87. The van der Waals surface area contributed by atoms with E-state index in [9.17, 15) is 4.79 Å². The van der Waals surface area contributed by atoms with Gasteiger partial charge in [-0.1, -0.05) is 33.3 Å². The first kappa shape index (κ1) is 27.4. The van der Waals surface area contributed by atoms with Crippen LogP contribution in [0.2, 0.25) is 0 Å². The quantitative estimate of drug-likeness (QED) is 0.151. The summed E-state index contributed by atoms with van der Waals surface area (Å²) in [5.41, 5.74) is 3.45. The Hall–Kier alpha value is -2.82. The Bertz CT molecular complexity index is 1010. The highest BCUT2D eigenvalue weighted by Gasteiger charge is 2.29. The monoisotopic (exact) mass is 470 g/mol. The van der Waals surface area contributed by atoms with Gasteiger partial charge in [0.25, 0.3) is 0 Å². The molecule has 5 heteroatoms. The first-order valence-corrected chi connectivity index (χ1v) is 12.1. The lowest BCUT2D eigenvalue weighted by Crippen LogP contribution is -2.30. The van der Waals surface area contributed by atoms with E-state index < -0.39 is 17.4 Å². The van der Waals surface area contributed by atoms with Crippen LogP contribution >= 0.6 is 0 Å². The molecule has 0 aromatic heterocycles. The number of esters is 1. The fourth-order valence-electron chi connectivity index (χ4n) is 3.73. The highest BCUT2D eigenvalue weighted by Crippen LogP contribution is 2.44. The third-order valence-electron chi connectivity index (χ3n) is 5.53. The Morgan fingerprint density at radius 3 is 2.50 bits per heavy atom. The summed E-state index contributed by atoms with van der Waals surface area (Å²) in [5.74, 6) is 0.801. The average Bonchev–Trinajstić information content (AvgIpc) is 2.75. The van der Waals surface area contributed by atoms with Crippen molar-refractivity contribution in [3.8, 4) is 11.5 Å². The fourth-order valence-corrected chi connectivity index (χ4v) is 3.73. The van der Waals surface area contributed by atoms with Gasteiger partial charge >= 0.3 is 5.97 Å². The van der Waals surface area contributed by atoms with Gasteiger partial charge in [-0.25, -0.2) is 9.18 Å². The van der Waals surface area contributed by atoms with Crippen molar-refractivity contribution in [2.24, 2.45) is 5.92 Å². The van der Waals surface area contributed by atoms with Gasteiger partial charge in [0.15, 0.2) is 0 Å². The largest absolute Gasteiger partial charge is 0.493 e. The molecule has 0 aliphatic carbocycles. The van der Waals surface area contributed by atoms with Gasteiger partial charge in [0.1, 0.15) is 22.9 Å². The van der Waals surface area contributed by atoms with Gasteiger partial charge in [0.2, 0.25) is 0 Å². The Labute approximate surface area is 204 Å². The van der Waals surface area contributed by atoms with E-state index in [-0.39, 0.29) is 5.92 Å². The molecule has 186 valence electrons. The predicted molar refractivity (Wildman–Crippen MR) is 138 cm³/mol. The highest BCUT2D eigenvalue weighted by molar-refractivity contribution is 5.84. The predicted octanol–water partition coefficient (Wildman–Crippen LogP) is 7.84. The smallest absolute Gasteiger partial charge is 0.330 e. The van der Waals surface area contributed by atoms with Crippen LogP contribution in [0.4, 0.5) is 4.39 Å². The van der Waals surface area contributed by atoms with Crippen molar-refractivity contribution in [3.63, 3.8) is 0 Å². The van der Waals surface area contributed by atoms with E-state index in [1.165, 1.54) is 17.7 Å². The van der Waals surface area contributed by atoms with Crippen molar-refractivity contribution in [2.75, 3.05) is 13.2 Å². The topological polar surface area (TPSA) is 44.8 Å². The number of hydrogen-bond donors (Lipinski definition) is 0. The first-order chi connectivity index (χ1) is 16.0. The minimum Gasteiger partial charge on any atom is -0.493 e. The molecule has 1 heterocycles. The van der Waals surface area contributed by atoms with Crippen LogP contribution in [-0.4, -0.2) is 24.8 Å². The van der Waals surface area contributed by atoms with Crippen molar-refractivity contribution >= 4 is 17.1 Å². The number of benzene rings is 1. The summed E-state index contributed by atoms with van der Waals surface area (Å²) < 4.78 is 32.5. The number of fused-ring (bicyclic) bond motifs is 1. The zero-order valence-corrected chi connectivity index (χ0v) is 21.9. The Morgan fingerprint density at radius 2 is 1.88 bits per heavy atom. The van der Waals surface area contributed by atoms with Crippen LogP contribution in [0.15, 0.2) is 47.8 Å². The van der Waals surface area contributed by atoms with Crippen molar-refractivity contribution in [2.45, 2.75) is 73.8 Å². The molecule has 0 N–H and O–H groups in total. The molecule has 34 heavy (non-hydrogen) atoms. The summed E-state index contributed by atoms with van der Waals surface area (Å²) >= 11 is 0. The van der Waals surface area contributed by atoms with Gasteiger partial charge in [-0.15, -0.1) is 0 Å². The molecular weight excluding hydrogens is 431 g/mol. The van der Waals surface area contributed by atoms with Gasteiger partial charge < -0.3 is 14.2 Å². The Morgan fingerprint density at radius 1 is 1.18 bits per heavy atom. The van der Waals surface area contributed by atoms with Crippen LogP contribution in [0, 0.1) is 5.92 Å². The van der Waals surface area contributed by atoms with Gasteiger partial charge in [-0.05, 0) is 81.9 Å². The van der Waals surface area contributed by atoms with Gasteiger partial charge in [0.05, 0.1) is 13.2 Å². The van der Waals surface area contributed by atoms with Gasteiger partial charge in [-0.3, -0.25) is 0 Å². The molecule has 0 amide bonds. The fraction of sp³-hybridized carbons (Fsp3) is 0.483. The van der Waals surface area contributed by atoms with E-state index in [1.807, 2.05) is 26.0 Å². The molecule has 1 aliphatic rings. The van der Waals surface area contributed by atoms with E-state index in [4.69, 9.17) is 14.2 Å². The number of halogens is 1. The van der Waals surface area contributed by atoms with E-state index in [2.05, 4.69) is 26.8 Å². The number of allylic oxidation sites excluding steroid dienone is 6. The number of ether oxygens (including phenoxy) is 3. The third kappa shape index (κ3) is 7.34. The second-order valence-electron chi connectivity index (χ2n) is 9.45. The van der Waals surface area contributed by atoms with Crippen molar-refractivity contribution in [3.05, 3.63) is 59.0 Å². The summed E-state index contributed by atoms with van der Waals surface area (Å²) in [6.45, 7) is 16.5. The first-order valence-electron chi connectivity index (χ1n) is 12.1. The number of unbranched alkanes of at least 4 members (excludes halogenated alkanes) is 1. The Kier molecular flexibility index (Phi) is 9.72. The van der Waals surface area contributed by atoms with Gasteiger partial charge in [0, 0.05) is 23.3 Å². The van der Waals surface area contributed by atoms with Crippen LogP contribution in [0.3, 0.4) is 0 Å². The van der Waals surface area contributed by atoms with E-state index in [1.54, 1.807) is 26.8 Å². The lowest BCUT2D eigenvalue weighted by atomic mass is 9.86. The van der Waals surface area contributed by atoms with Crippen LogP contribution in [-0.2, 0) is 9.53 Å². The molecule has 4 nitrogen and oxygen atoms in total. The molecule has 0 radical (unpaired) electrons. The molecule has 0 fully saturated rings. The second-order valence-corrected chi connectivity index (χ2v) is 9.45. The molecule has 0 spiro atoms. The zero-order chi connectivity index (χ0) is 25.5. The van der Waals surface area contributed by atoms with Crippen molar-refractivity contribution < 1.29 is 23.4 Å². The molecular formula is C29H39FO4. The number of carbonyl (C=O) groups excluding carboxylic acids is 1. The Balaban J connectivity index is 2.54. The summed E-state index contributed by atoms with van der Waals surface area (Å²) in [7, 11) is 0. The summed E-state index contributed by atoms with van der Waals surface area (Å²) in [6.07, 6.45) is 8.33. The number of rotatable bonds is 10. The molecule has 0 saturated heterocycles. The van der Waals surface area contributed by atoms with E-state index in [0.717, 1.165) is 24.2 Å². The molecule has 0 saturated carbocycles. The van der Waals surface area contributed by atoms with E-state index >= 15 is 4.39 Å². The average molecular weight is 471 g/mol. The van der Waals surface area contributed by atoms with Crippen LogP contribution in [0.1, 0.15) is 79.4 Å². The highest BCUT2D eigenvalue weighted by atomic mass is 19.1. The zero-order valence-electron chi connectivity index (χ0n) is 21.9. The maximum atomic E-state index is 15.3. The number of hydrogen-bond acceptors (Lipinski definition) is 4.